The molecule has 1 N–H and O–H groups in total. The van der Waals surface area contributed by atoms with Gasteiger partial charge < -0.3 is 5.11 Å². The van der Waals surface area contributed by atoms with E-state index in [-0.39, 0.29) is 29.1 Å². The Labute approximate surface area is 102 Å². The van der Waals surface area contributed by atoms with Gasteiger partial charge in [0.15, 0.2) is 5.78 Å². The van der Waals surface area contributed by atoms with Gasteiger partial charge in [-0.2, -0.15) is 0 Å². The molecular weight excluding hydrogens is 212 g/mol. The summed E-state index contributed by atoms with van der Waals surface area (Å²) in [5.41, 5.74) is 2.08. The van der Waals surface area contributed by atoms with Crippen molar-refractivity contribution in [1.82, 2.24) is 0 Å². The quantitative estimate of drug-likeness (QED) is 0.754. The summed E-state index contributed by atoms with van der Waals surface area (Å²) in [5, 5.41) is 9.44. The van der Waals surface area contributed by atoms with Gasteiger partial charge in [0.2, 0.25) is 0 Å². The van der Waals surface area contributed by atoms with Gasteiger partial charge in [0.25, 0.3) is 0 Å². The van der Waals surface area contributed by atoms with Crippen molar-refractivity contribution in [3.05, 3.63) is 23.3 Å². The van der Waals surface area contributed by atoms with Crippen molar-refractivity contribution in [1.29, 1.82) is 0 Å². The van der Waals surface area contributed by atoms with Crippen LogP contribution in [0.3, 0.4) is 0 Å². The summed E-state index contributed by atoms with van der Waals surface area (Å²) >= 11 is 0. The first kappa shape index (κ1) is 11.2. The first-order valence-electron chi connectivity index (χ1n) is 6.47. The highest BCUT2D eigenvalue weighted by Crippen LogP contribution is 2.62. The van der Waals surface area contributed by atoms with Crippen LogP contribution in [-0.2, 0) is 4.79 Å². The van der Waals surface area contributed by atoms with Crippen molar-refractivity contribution in [2.75, 3.05) is 6.61 Å². The number of allylic oxidation sites excluding steroid dienone is 3. The van der Waals surface area contributed by atoms with Crippen LogP contribution in [-0.4, -0.2) is 17.5 Å². The number of carbonyl (C=O) groups excluding carboxylic acids is 1. The fraction of sp³-hybridized carbons (Fsp3) is 0.667. The maximum Gasteiger partial charge on any atom is 0.164 e. The molecule has 0 aromatic carbocycles. The topological polar surface area (TPSA) is 37.3 Å². The highest BCUT2D eigenvalue weighted by Gasteiger charge is 2.56. The minimum absolute atomic E-state index is 0.0460. The van der Waals surface area contributed by atoms with E-state index in [1.807, 2.05) is 6.08 Å². The minimum Gasteiger partial charge on any atom is -0.392 e. The van der Waals surface area contributed by atoms with Crippen LogP contribution in [0.4, 0.5) is 0 Å². The molecule has 1 fully saturated rings. The van der Waals surface area contributed by atoms with Crippen LogP contribution < -0.4 is 0 Å². The van der Waals surface area contributed by atoms with E-state index in [0.29, 0.717) is 11.5 Å². The fourth-order valence-corrected chi connectivity index (χ4v) is 4.16. The van der Waals surface area contributed by atoms with Crippen LogP contribution in [0, 0.1) is 22.7 Å². The summed E-state index contributed by atoms with van der Waals surface area (Å²) in [7, 11) is 0. The average molecular weight is 232 g/mol. The number of rotatable bonds is 1. The lowest BCUT2D eigenvalue weighted by molar-refractivity contribution is -0.122. The molecule has 3 atom stereocenters. The molecule has 3 unspecified atom stereocenters. The number of aliphatic hydroxyl groups excluding tert-OH is 1. The average Bonchev–Trinajstić information content (AvgIpc) is 2.57. The second-order valence-corrected chi connectivity index (χ2v) is 6.82. The van der Waals surface area contributed by atoms with Gasteiger partial charge in [-0.1, -0.05) is 32.9 Å². The molecule has 0 bridgehead atoms. The SMILES string of the molecule is CC1(C)CC2C(=O)C(CO)=C3C=CC3(C)C2C1. The molecule has 0 aromatic heterocycles. The van der Waals surface area contributed by atoms with Crippen LogP contribution in [0.15, 0.2) is 23.3 Å². The molecule has 0 radical (unpaired) electrons. The highest BCUT2D eigenvalue weighted by atomic mass is 16.3. The summed E-state index contributed by atoms with van der Waals surface area (Å²) in [6, 6.07) is 0. The third-order valence-electron chi connectivity index (χ3n) is 5.09. The first-order valence-corrected chi connectivity index (χ1v) is 6.47. The normalized spacial score (nSPS) is 42.2. The predicted molar refractivity (Wildman–Crippen MR) is 66.4 cm³/mol. The highest BCUT2D eigenvalue weighted by molar-refractivity contribution is 6.01. The summed E-state index contributed by atoms with van der Waals surface area (Å²) in [5.74, 6) is 0.783. The number of fused-ring (bicyclic) bond motifs is 3. The summed E-state index contributed by atoms with van der Waals surface area (Å²) < 4.78 is 0. The third-order valence-corrected chi connectivity index (χ3v) is 5.09. The van der Waals surface area contributed by atoms with Gasteiger partial charge in [-0.15, -0.1) is 0 Å². The van der Waals surface area contributed by atoms with Crippen molar-refractivity contribution in [3.63, 3.8) is 0 Å². The van der Waals surface area contributed by atoms with Gasteiger partial charge in [0.05, 0.1) is 6.61 Å². The lowest BCUT2D eigenvalue weighted by atomic mass is 9.55. The van der Waals surface area contributed by atoms with Gasteiger partial charge >= 0.3 is 0 Å². The molecule has 3 aliphatic carbocycles. The zero-order valence-electron chi connectivity index (χ0n) is 10.8. The molecule has 1 saturated carbocycles. The van der Waals surface area contributed by atoms with Crippen LogP contribution in [0.1, 0.15) is 33.6 Å². The molecule has 0 aliphatic heterocycles. The first-order chi connectivity index (χ1) is 7.89. The van der Waals surface area contributed by atoms with Crippen molar-refractivity contribution < 1.29 is 9.90 Å². The monoisotopic (exact) mass is 232 g/mol. The van der Waals surface area contributed by atoms with Crippen molar-refractivity contribution in [2.45, 2.75) is 33.6 Å². The van der Waals surface area contributed by atoms with Crippen molar-refractivity contribution >= 4 is 5.78 Å². The summed E-state index contributed by atoms with van der Waals surface area (Å²) in [4.78, 5) is 12.4. The Morgan fingerprint density at radius 3 is 2.59 bits per heavy atom. The summed E-state index contributed by atoms with van der Waals surface area (Å²) in [6.07, 6.45) is 6.33. The molecular formula is C15H20O2. The third kappa shape index (κ3) is 1.28. The molecule has 0 saturated heterocycles. The van der Waals surface area contributed by atoms with E-state index in [1.165, 1.54) is 0 Å². The molecule has 3 aliphatic rings. The molecule has 3 rings (SSSR count). The molecule has 92 valence electrons. The molecule has 0 spiro atoms. The van der Waals surface area contributed by atoms with E-state index in [4.69, 9.17) is 0 Å². The lowest BCUT2D eigenvalue weighted by Gasteiger charge is -2.47. The Bertz CT molecular complexity index is 456. The van der Waals surface area contributed by atoms with E-state index in [2.05, 4.69) is 26.8 Å². The van der Waals surface area contributed by atoms with Gasteiger partial charge in [-0.25, -0.2) is 0 Å². The Morgan fingerprint density at radius 2 is 2.06 bits per heavy atom. The van der Waals surface area contributed by atoms with Crippen LogP contribution in [0.5, 0.6) is 0 Å². The number of hydrogen-bond acceptors (Lipinski definition) is 2. The fourth-order valence-electron chi connectivity index (χ4n) is 4.16. The summed E-state index contributed by atoms with van der Waals surface area (Å²) in [6.45, 7) is 6.63. The zero-order valence-corrected chi connectivity index (χ0v) is 10.8. The molecule has 17 heavy (non-hydrogen) atoms. The van der Waals surface area contributed by atoms with E-state index in [9.17, 15) is 9.90 Å². The maximum atomic E-state index is 12.4. The van der Waals surface area contributed by atoms with Crippen LogP contribution in [0.2, 0.25) is 0 Å². The number of Topliss-reactive ketones (excluding diaryl/α,β-unsaturated/α-hetero) is 1. The zero-order chi connectivity index (χ0) is 12.4. The van der Waals surface area contributed by atoms with Crippen LogP contribution >= 0.6 is 0 Å². The van der Waals surface area contributed by atoms with Gasteiger partial charge in [-0.05, 0) is 29.7 Å². The van der Waals surface area contributed by atoms with Gasteiger partial charge in [-0.3, -0.25) is 4.79 Å². The second-order valence-electron chi connectivity index (χ2n) is 6.82. The second kappa shape index (κ2) is 3.11. The number of aliphatic hydroxyl groups is 1. The smallest absolute Gasteiger partial charge is 0.164 e. The molecule has 2 heteroatoms. The Hall–Kier alpha value is -0.890. The number of carbonyl (C=O) groups is 1. The lowest BCUT2D eigenvalue weighted by Crippen LogP contribution is -2.44. The standard InChI is InChI=1S/C15H20O2/c1-14(2)6-9-12(7-14)15(3)5-4-11(15)10(8-16)13(9)17/h4-5,9,12,16H,6-8H2,1-3H3. The van der Waals surface area contributed by atoms with Crippen LogP contribution in [0.25, 0.3) is 0 Å². The van der Waals surface area contributed by atoms with E-state index in [1.54, 1.807) is 0 Å². The predicted octanol–water partition coefficient (Wildman–Crippen LogP) is 2.49. The van der Waals surface area contributed by atoms with Gasteiger partial charge in [0.1, 0.15) is 0 Å². The molecule has 0 heterocycles. The largest absolute Gasteiger partial charge is 0.392 e. The number of ketones is 1. The number of hydrogen-bond donors (Lipinski definition) is 1. The maximum absolute atomic E-state index is 12.4. The Morgan fingerprint density at radius 1 is 1.35 bits per heavy atom. The minimum atomic E-state index is -0.0995. The van der Waals surface area contributed by atoms with E-state index < -0.39 is 0 Å². The van der Waals surface area contributed by atoms with Crippen molar-refractivity contribution in [3.8, 4) is 0 Å². The van der Waals surface area contributed by atoms with E-state index >= 15 is 0 Å². The molecule has 0 aromatic rings. The van der Waals surface area contributed by atoms with Crippen molar-refractivity contribution in [2.24, 2.45) is 22.7 Å². The molecule has 2 nitrogen and oxygen atoms in total. The van der Waals surface area contributed by atoms with E-state index in [0.717, 1.165) is 18.4 Å². The Balaban J connectivity index is 2.10. The Kier molecular flexibility index (Phi) is 2.05. The molecule has 0 amide bonds. The van der Waals surface area contributed by atoms with Gasteiger partial charge in [0, 0.05) is 16.9 Å².